The van der Waals surface area contributed by atoms with Crippen LogP contribution in [0.3, 0.4) is 0 Å². The molecule has 0 aliphatic carbocycles. The quantitative estimate of drug-likeness (QED) is 0.833. The molecule has 2 aromatic carbocycles. The summed E-state index contributed by atoms with van der Waals surface area (Å²) in [4.78, 5) is 12.5. The van der Waals surface area contributed by atoms with Gasteiger partial charge in [0.25, 0.3) is 5.91 Å². The van der Waals surface area contributed by atoms with Crippen LogP contribution in [0.4, 0.5) is 0 Å². The van der Waals surface area contributed by atoms with Gasteiger partial charge in [0.05, 0.1) is 18.7 Å². The zero-order valence-electron chi connectivity index (χ0n) is 14.8. The minimum absolute atomic E-state index is 0.110. The van der Waals surface area contributed by atoms with Crippen LogP contribution in [0, 0.1) is 0 Å². The average Bonchev–Trinajstić information content (AvgIpc) is 2.54. The number of rotatable bonds is 4. The van der Waals surface area contributed by atoms with E-state index < -0.39 is 0 Å². The highest BCUT2D eigenvalue weighted by Gasteiger charge is 2.17. The molecule has 0 radical (unpaired) electrons. The molecule has 2 rings (SSSR count). The predicted molar refractivity (Wildman–Crippen MR) is 99.0 cm³/mol. The molecule has 1 unspecified atom stereocenters. The van der Waals surface area contributed by atoms with Crippen molar-refractivity contribution < 1.29 is 9.53 Å². The van der Waals surface area contributed by atoms with Crippen molar-refractivity contribution in [1.29, 1.82) is 0 Å². The van der Waals surface area contributed by atoms with Crippen LogP contribution in [-0.4, -0.2) is 13.0 Å². The van der Waals surface area contributed by atoms with Crippen LogP contribution < -0.4 is 10.1 Å². The first-order chi connectivity index (χ1) is 11.2. The van der Waals surface area contributed by atoms with Crippen molar-refractivity contribution >= 4 is 17.5 Å². The Morgan fingerprint density at radius 1 is 1.12 bits per heavy atom. The van der Waals surface area contributed by atoms with E-state index in [1.807, 2.05) is 6.92 Å². The SMILES string of the molecule is COc1ccc(Cl)cc1C(=O)NC(C)c1ccc(C(C)(C)C)cc1. The summed E-state index contributed by atoms with van der Waals surface area (Å²) in [5.74, 6) is 0.300. The van der Waals surface area contributed by atoms with E-state index in [0.717, 1.165) is 5.56 Å². The van der Waals surface area contributed by atoms with Gasteiger partial charge in [0.15, 0.2) is 0 Å². The first-order valence-electron chi connectivity index (χ1n) is 7.97. The number of benzene rings is 2. The molecule has 1 N–H and O–H groups in total. The summed E-state index contributed by atoms with van der Waals surface area (Å²) in [6, 6.07) is 13.2. The monoisotopic (exact) mass is 345 g/mol. The van der Waals surface area contributed by atoms with E-state index in [2.05, 4.69) is 50.4 Å². The predicted octanol–water partition coefficient (Wildman–Crippen LogP) is 5.14. The second-order valence-corrected chi connectivity index (χ2v) is 7.35. The number of amides is 1. The molecule has 0 saturated carbocycles. The summed E-state index contributed by atoms with van der Waals surface area (Å²) in [7, 11) is 1.54. The summed E-state index contributed by atoms with van der Waals surface area (Å²) in [6.45, 7) is 8.50. The van der Waals surface area contributed by atoms with Crippen LogP contribution in [0.1, 0.15) is 55.2 Å². The van der Waals surface area contributed by atoms with Gasteiger partial charge in [-0.3, -0.25) is 4.79 Å². The lowest BCUT2D eigenvalue weighted by Gasteiger charge is -2.21. The van der Waals surface area contributed by atoms with E-state index in [1.54, 1.807) is 18.2 Å². The van der Waals surface area contributed by atoms with E-state index in [9.17, 15) is 4.79 Å². The summed E-state index contributed by atoms with van der Waals surface area (Å²) in [5, 5.41) is 3.50. The molecule has 0 aliphatic heterocycles. The Kier molecular flexibility index (Phi) is 5.55. The lowest BCUT2D eigenvalue weighted by molar-refractivity contribution is 0.0937. The molecule has 0 bridgehead atoms. The smallest absolute Gasteiger partial charge is 0.255 e. The Morgan fingerprint density at radius 3 is 2.29 bits per heavy atom. The first kappa shape index (κ1) is 18.3. The number of methoxy groups -OCH3 is 1. The van der Waals surface area contributed by atoms with Gasteiger partial charge in [0.1, 0.15) is 5.75 Å². The Bertz CT molecular complexity index is 717. The fraction of sp³-hybridized carbons (Fsp3) is 0.350. The minimum atomic E-state index is -0.207. The molecular weight excluding hydrogens is 322 g/mol. The lowest BCUT2D eigenvalue weighted by atomic mass is 9.86. The third-order valence-electron chi connectivity index (χ3n) is 4.03. The van der Waals surface area contributed by atoms with Gasteiger partial charge in [-0.05, 0) is 41.7 Å². The number of hydrogen-bond donors (Lipinski definition) is 1. The normalized spacial score (nSPS) is 12.6. The molecule has 24 heavy (non-hydrogen) atoms. The van der Waals surface area contributed by atoms with Crippen LogP contribution in [0.5, 0.6) is 5.75 Å². The molecule has 128 valence electrons. The van der Waals surface area contributed by atoms with Gasteiger partial charge in [-0.25, -0.2) is 0 Å². The van der Waals surface area contributed by atoms with Gasteiger partial charge < -0.3 is 10.1 Å². The second-order valence-electron chi connectivity index (χ2n) is 6.91. The minimum Gasteiger partial charge on any atom is -0.496 e. The van der Waals surface area contributed by atoms with Crippen LogP contribution in [0.25, 0.3) is 0 Å². The molecule has 1 atom stereocenters. The van der Waals surface area contributed by atoms with E-state index in [1.165, 1.54) is 12.7 Å². The molecule has 1 amide bonds. The van der Waals surface area contributed by atoms with Gasteiger partial charge in [-0.2, -0.15) is 0 Å². The van der Waals surface area contributed by atoms with Crippen LogP contribution in [0.2, 0.25) is 5.02 Å². The number of carbonyl (C=O) groups is 1. The van der Waals surface area contributed by atoms with Gasteiger partial charge in [-0.1, -0.05) is 56.6 Å². The zero-order chi connectivity index (χ0) is 17.9. The average molecular weight is 346 g/mol. The standard InChI is InChI=1S/C20H24ClNO2/c1-13(14-6-8-15(9-7-14)20(2,3)4)22-19(23)17-12-16(21)10-11-18(17)24-5/h6-13H,1-5H3,(H,22,23). The number of carbonyl (C=O) groups excluding carboxylic acids is 1. The maximum Gasteiger partial charge on any atom is 0.255 e. The van der Waals surface area contributed by atoms with E-state index >= 15 is 0 Å². The molecule has 3 nitrogen and oxygen atoms in total. The topological polar surface area (TPSA) is 38.3 Å². The molecular formula is C20H24ClNO2. The third kappa shape index (κ3) is 4.30. The van der Waals surface area contributed by atoms with Crippen LogP contribution in [0.15, 0.2) is 42.5 Å². The van der Waals surface area contributed by atoms with Crippen molar-refractivity contribution in [2.75, 3.05) is 7.11 Å². The molecule has 4 heteroatoms. The second kappa shape index (κ2) is 7.27. The number of ether oxygens (including phenoxy) is 1. The van der Waals surface area contributed by atoms with Crippen molar-refractivity contribution in [2.24, 2.45) is 0 Å². The van der Waals surface area contributed by atoms with Crippen molar-refractivity contribution in [3.05, 3.63) is 64.2 Å². The highest BCUT2D eigenvalue weighted by atomic mass is 35.5. The van der Waals surface area contributed by atoms with Crippen LogP contribution in [-0.2, 0) is 5.41 Å². The van der Waals surface area contributed by atoms with Gasteiger partial charge in [0.2, 0.25) is 0 Å². The Hall–Kier alpha value is -2.00. The fourth-order valence-electron chi connectivity index (χ4n) is 2.49. The Balaban J connectivity index is 2.16. The lowest BCUT2D eigenvalue weighted by Crippen LogP contribution is -2.27. The van der Waals surface area contributed by atoms with Gasteiger partial charge in [0, 0.05) is 5.02 Å². The van der Waals surface area contributed by atoms with Crippen molar-refractivity contribution in [3.63, 3.8) is 0 Å². The molecule has 2 aromatic rings. The summed E-state index contributed by atoms with van der Waals surface area (Å²) in [5.41, 5.74) is 2.86. The molecule has 0 spiro atoms. The van der Waals surface area contributed by atoms with Crippen LogP contribution >= 0.6 is 11.6 Å². The number of hydrogen-bond acceptors (Lipinski definition) is 2. The van der Waals surface area contributed by atoms with Crippen molar-refractivity contribution in [2.45, 2.75) is 39.2 Å². The van der Waals surface area contributed by atoms with Crippen molar-refractivity contribution in [1.82, 2.24) is 5.32 Å². The number of nitrogens with one attached hydrogen (secondary N) is 1. The zero-order valence-corrected chi connectivity index (χ0v) is 15.6. The fourth-order valence-corrected chi connectivity index (χ4v) is 2.66. The molecule has 0 fully saturated rings. The van der Waals surface area contributed by atoms with Gasteiger partial charge in [-0.15, -0.1) is 0 Å². The maximum absolute atomic E-state index is 12.5. The highest BCUT2D eigenvalue weighted by Crippen LogP contribution is 2.25. The highest BCUT2D eigenvalue weighted by molar-refractivity contribution is 6.31. The molecule has 0 aliphatic rings. The van der Waals surface area contributed by atoms with Crippen molar-refractivity contribution in [3.8, 4) is 5.75 Å². The number of halogens is 1. The largest absolute Gasteiger partial charge is 0.496 e. The van der Waals surface area contributed by atoms with E-state index in [-0.39, 0.29) is 17.4 Å². The molecule has 0 aromatic heterocycles. The van der Waals surface area contributed by atoms with E-state index in [0.29, 0.717) is 16.3 Å². The molecule has 0 saturated heterocycles. The van der Waals surface area contributed by atoms with Gasteiger partial charge >= 0.3 is 0 Å². The first-order valence-corrected chi connectivity index (χ1v) is 8.35. The van der Waals surface area contributed by atoms with E-state index in [4.69, 9.17) is 16.3 Å². The molecule has 0 heterocycles. The maximum atomic E-state index is 12.5. The Labute approximate surface area is 149 Å². The summed E-state index contributed by atoms with van der Waals surface area (Å²) < 4.78 is 5.24. The summed E-state index contributed by atoms with van der Waals surface area (Å²) in [6.07, 6.45) is 0. The summed E-state index contributed by atoms with van der Waals surface area (Å²) >= 11 is 6.00. The Morgan fingerprint density at radius 2 is 1.75 bits per heavy atom. The third-order valence-corrected chi connectivity index (χ3v) is 4.27.